The van der Waals surface area contributed by atoms with E-state index in [1.165, 1.54) is 3.70 Å². The van der Waals surface area contributed by atoms with Gasteiger partial charge in [-0.2, -0.15) is 5.10 Å². The smallest absolute Gasteiger partial charge is 0.0995 e. The van der Waals surface area contributed by atoms with E-state index in [4.69, 9.17) is 0 Å². The minimum Gasteiger partial charge on any atom is -0.257 e. The zero-order valence-corrected chi connectivity index (χ0v) is 8.58. The third-order valence-corrected chi connectivity index (χ3v) is 2.11. The second kappa shape index (κ2) is 2.90. The summed E-state index contributed by atoms with van der Waals surface area (Å²) in [4.78, 5) is 0. The Morgan fingerprint density at radius 1 is 1.60 bits per heavy atom. The molecule has 56 valence electrons. The fourth-order valence-corrected chi connectivity index (χ4v) is 1.96. The third-order valence-electron chi connectivity index (χ3n) is 1.30. The summed E-state index contributed by atoms with van der Waals surface area (Å²) in [7, 11) is 0. The van der Waals surface area contributed by atoms with E-state index >= 15 is 0 Å². The van der Waals surface area contributed by atoms with Gasteiger partial charge in [-0.1, -0.05) is 0 Å². The van der Waals surface area contributed by atoms with Gasteiger partial charge in [-0.25, -0.2) is 0 Å². The SMILES string of the molecule is Cc1cc(I)n(C(C)C)n1. The van der Waals surface area contributed by atoms with Gasteiger partial charge in [0.15, 0.2) is 0 Å². The van der Waals surface area contributed by atoms with Gasteiger partial charge < -0.3 is 0 Å². The van der Waals surface area contributed by atoms with Gasteiger partial charge in [-0.05, 0) is 49.4 Å². The van der Waals surface area contributed by atoms with Crippen LogP contribution in [0.3, 0.4) is 0 Å². The second-order valence-corrected chi connectivity index (χ2v) is 3.75. The van der Waals surface area contributed by atoms with E-state index in [2.05, 4.69) is 47.6 Å². The molecule has 0 aliphatic rings. The van der Waals surface area contributed by atoms with E-state index in [0.29, 0.717) is 6.04 Å². The standard InChI is InChI=1S/C7H11IN2/c1-5(2)10-7(8)4-6(3)9-10/h4-5H,1-3H3. The predicted molar refractivity (Wildman–Crippen MR) is 50.1 cm³/mol. The molecule has 0 radical (unpaired) electrons. The van der Waals surface area contributed by atoms with Crippen molar-refractivity contribution in [3.8, 4) is 0 Å². The van der Waals surface area contributed by atoms with E-state index in [-0.39, 0.29) is 0 Å². The van der Waals surface area contributed by atoms with Gasteiger partial charge in [0.25, 0.3) is 0 Å². The normalized spacial score (nSPS) is 10.9. The van der Waals surface area contributed by atoms with Gasteiger partial charge in [0, 0.05) is 6.04 Å². The molecule has 0 bridgehead atoms. The lowest BCUT2D eigenvalue weighted by molar-refractivity contribution is 0.517. The lowest BCUT2D eigenvalue weighted by Gasteiger charge is -2.05. The van der Waals surface area contributed by atoms with Crippen molar-refractivity contribution in [2.75, 3.05) is 0 Å². The molecule has 0 aliphatic heterocycles. The monoisotopic (exact) mass is 250 g/mol. The number of hydrogen-bond acceptors (Lipinski definition) is 1. The molecule has 0 aliphatic carbocycles. The molecule has 0 spiro atoms. The molecule has 0 N–H and O–H groups in total. The molecule has 1 heterocycles. The van der Waals surface area contributed by atoms with Crippen LogP contribution in [-0.2, 0) is 0 Å². The fraction of sp³-hybridized carbons (Fsp3) is 0.571. The summed E-state index contributed by atoms with van der Waals surface area (Å²) in [5.74, 6) is 0. The van der Waals surface area contributed by atoms with Crippen LogP contribution in [0.15, 0.2) is 6.07 Å². The molecule has 1 aromatic heterocycles. The summed E-state index contributed by atoms with van der Waals surface area (Å²) >= 11 is 2.30. The van der Waals surface area contributed by atoms with Crippen molar-refractivity contribution in [1.29, 1.82) is 0 Å². The highest BCUT2D eigenvalue weighted by Gasteiger charge is 2.03. The minimum absolute atomic E-state index is 0.473. The van der Waals surface area contributed by atoms with Crippen LogP contribution in [0.25, 0.3) is 0 Å². The highest BCUT2D eigenvalue weighted by atomic mass is 127. The molecule has 0 aromatic carbocycles. The van der Waals surface area contributed by atoms with Gasteiger partial charge in [-0.3, -0.25) is 4.68 Å². The van der Waals surface area contributed by atoms with Crippen LogP contribution in [-0.4, -0.2) is 9.78 Å². The lowest BCUT2D eigenvalue weighted by Crippen LogP contribution is -2.04. The number of rotatable bonds is 1. The van der Waals surface area contributed by atoms with Crippen LogP contribution in [0.2, 0.25) is 0 Å². The van der Waals surface area contributed by atoms with Crippen LogP contribution in [0.4, 0.5) is 0 Å². The Morgan fingerprint density at radius 3 is 2.40 bits per heavy atom. The second-order valence-electron chi connectivity index (χ2n) is 2.65. The van der Waals surface area contributed by atoms with Gasteiger partial charge in [0.05, 0.1) is 9.39 Å². The summed E-state index contributed by atoms with van der Waals surface area (Å²) in [6.45, 7) is 6.28. The van der Waals surface area contributed by atoms with E-state index in [0.717, 1.165) is 5.69 Å². The van der Waals surface area contributed by atoms with E-state index in [1.54, 1.807) is 0 Å². The van der Waals surface area contributed by atoms with Crippen LogP contribution in [0.5, 0.6) is 0 Å². The van der Waals surface area contributed by atoms with Crippen LogP contribution >= 0.6 is 22.6 Å². The summed E-state index contributed by atoms with van der Waals surface area (Å²) in [6, 6.07) is 2.56. The first-order valence-electron chi connectivity index (χ1n) is 3.33. The number of aryl methyl sites for hydroxylation is 1. The number of hydrogen-bond donors (Lipinski definition) is 0. The maximum Gasteiger partial charge on any atom is 0.0995 e. The van der Waals surface area contributed by atoms with Crippen molar-refractivity contribution in [2.24, 2.45) is 0 Å². The quantitative estimate of drug-likeness (QED) is 0.699. The largest absolute Gasteiger partial charge is 0.257 e. The predicted octanol–water partition coefficient (Wildman–Crippen LogP) is 2.38. The Bertz CT molecular complexity index is 228. The number of nitrogens with zero attached hydrogens (tertiary/aromatic N) is 2. The first-order chi connectivity index (χ1) is 4.61. The molecule has 2 nitrogen and oxygen atoms in total. The molecule has 0 fully saturated rings. The topological polar surface area (TPSA) is 17.8 Å². The van der Waals surface area contributed by atoms with Gasteiger partial charge in [0.1, 0.15) is 0 Å². The molecule has 0 amide bonds. The Morgan fingerprint density at radius 2 is 2.20 bits per heavy atom. The first-order valence-corrected chi connectivity index (χ1v) is 4.41. The Balaban J connectivity index is 3.03. The Labute approximate surface area is 74.8 Å². The maximum absolute atomic E-state index is 4.32. The molecular formula is C7H11IN2. The molecule has 0 saturated heterocycles. The number of halogens is 1. The van der Waals surface area contributed by atoms with Crippen LogP contribution in [0.1, 0.15) is 25.6 Å². The van der Waals surface area contributed by atoms with Crippen LogP contribution < -0.4 is 0 Å². The van der Waals surface area contributed by atoms with Gasteiger partial charge in [-0.15, -0.1) is 0 Å². The Kier molecular flexibility index (Phi) is 2.33. The van der Waals surface area contributed by atoms with Crippen molar-refractivity contribution in [3.05, 3.63) is 15.5 Å². The molecule has 3 heteroatoms. The molecule has 10 heavy (non-hydrogen) atoms. The summed E-state index contributed by atoms with van der Waals surface area (Å²) < 4.78 is 3.24. The molecular weight excluding hydrogens is 239 g/mol. The summed E-state index contributed by atoms with van der Waals surface area (Å²) in [6.07, 6.45) is 0. The zero-order valence-electron chi connectivity index (χ0n) is 6.43. The van der Waals surface area contributed by atoms with E-state index in [9.17, 15) is 0 Å². The van der Waals surface area contributed by atoms with Crippen molar-refractivity contribution < 1.29 is 0 Å². The summed E-state index contributed by atoms with van der Waals surface area (Å²) in [5.41, 5.74) is 1.10. The minimum atomic E-state index is 0.473. The van der Waals surface area contributed by atoms with E-state index in [1.807, 2.05) is 11.6 Å². The molecule has 0 unspecified atom stereocenters. The molecule has 0 atom stereocenters. The van der Waals surface area contributed by atoms with Gasteiger partial charge >= 0.3 is 0 Å². The summed E-state index contributed by atoms with van der Waals surface area (Å²) in [5, 5.41) is 4.32. The van der Waals surface area contributed by atoms with Crippen molar-refractivity contribution >= 4 is 22.6 Å². The van der Waals surface area contributed by atoms with Crippen molar-refractivity contribution in [2.45, 2.75) is 26.8 Å². The lowest BCUT2D eigenvalue weighted by atomic mass is 10.4. The van der Waals surface area contributed by atoms with Gasteiger partial charge in [0.2, 0.25) is 0 Å². The van der Waals surface area contributed by atoms with Crippen LogP contribution in [0, 0.1) is 10.6 Å². The maximum atomic E-state index is 4.32. The highest BCUT2D eigenvalue weighted by molar-refractivity contribution is 14.1. The Hall–Kier alpha value is -0.0600. The van der Waals surface area contributed by atoms with Crippen molar-refractivity contribution in [1.82, 2.24) is 9.78 Å². The van der Waals surface area contributed by atoms with E-state index < -0.39 is 0 Å². The first kappa shape index (κ1) is 8.04. The molecule has 1 rings (SSSR count). The molecule has 0 saturated carbocycles. The molecule has 1 aromatic rings. The average Bonchev–Trinajstić information content (AvgIpc) is 2.10. The average molecular weight is 250 g/mol. The fourth-order valence-electron chi connectivity index (χ4n) is 0.847. The van der Waals surface area contributed by atoms with Crippen molar-refractivity contribution in [3.63, 3.8) is 0 Å². The zero-order chi connectivity index (χ0) is 7.72. The third kappa shape index (κ3) is 1.51. The highest BCUT2D eigenvalue weighted by Crippen LogP contribution is 2.12. The number of aromatic nitrogens is 2.